The van der Waals surface area contributed by atoms with E-state index in [1.807, 2.05) is 30.5 Å². The number of fused-ring (bicyclic) bond motifs is 1. The third-order valence-corrected chi connectivity index (χ3v) is 3.02. The first-order valence-corrected chi connectivity index (χ1v) is 6.32. The van der Waals surface area contributed by atoms with E-state index in [1.54, 1.807) is 0 Å². The van der Waals surface area contributed by atoms with Crippen LogP contribution in [0.5, 0.6) is 0 Å². The monoisotopic (exact) mass is 277 g/mol. The van der Waals surface area contributed by atoms with Crippen molar-refractivity contribution in [3.63, 3.8) is 0 Å². The minimum Gasteiger partial charge on any atom is -0.343 e. The molecule has 19 heavy (non-hydrogen) atoms. The van der Waals surface area contributed by atoms with Gasteiger partial charge in [0.05, 0.1) is 11.9 Å². The number of rotatable bonds is 3. The fourth-order valence-electron chi connectivity index (χ4n) is 1.98. The van der Waals surface area contributed by atoms with Gasteiger partial charge in [-0.3, -0.25) is 0 Å². The predicted octanol–water partition coefficient (Wildman–Crippen LogP) is 2.47. The Balaban J connectivity index is 2.18. The molecule has 0 radical (unpaired) electrons. The van der Waals surface area contributed by atoms with Crippen molar-refractivity contribution >= 4 is 22.8 Å². The average Bonchev–Trinajstić information content (AvgIpc) is 2.98. The number of imidazole rings is 1. The topological polar surface area (TPSA) is 69.6 Å². The Labute approximate surface area is 114 Å². The largest absolute Gasteiger partial charge is 0.343 e. The summed E-state index contributed by atoms with van der Waals surface area (Å²) >= 11 is 6.18. The first-order valence-electron chi connectivity index (χ1n) is 5.88. The lowest BCUT2D eigenvalue weighted by Crippen LogP contribution is -2.07. The van der Waals surface area contributed by atoms with Crippen molar-refractivity contribution < 1.29 is 4.52 Å². The molecular weight excluding hydrogens is 266 g/mol. The molecule has 0 aliphatic carbocycles. The lowest BCUT2D eigenvalue weighted by atomic mass is 10.3. The highest BCUT2D eigenvalue weighted by atomic mass is 35.5. The lowest BCUT2D eigenvalue weighted by Gasteiger charge is -2.07. The second-order valence-corrected chi connectivity index (χ2v) is 4.97. The SMILES string of the molecule is Cc1ccc2nc(C(C)Cl)n(Cc3ncon3)c2n1. The van der Waals surface area contributed by atoms with E-state index >= 15 is 0 Å². The smallest absolute Gasteiger partial charge is 0.213 e. The van der Waals surface area contributed by atoms with Gasteiger partial charge in [0.15, 0.2) is 11.5 Å². The minimum absolute atomic E-state index is 0.221. The van der Waals surface area contributed by atoms with Crippen molar-refractivity contribution in [1.29, 1.82) is 0 Å². The zero-order chi connectivity index (χ0) is 13.4. The van der Waals surface area contributed by atoms with Crippen molar-refractivity contribution in [2.75, 3.05) is 0 Å². The molecule has 0 aliphatic heterocycles. The number of hydrogen-bond donors (Lipinski definition) is 0. The molecule has 0 fully saturated rings. The van der Waals surface area contributed by atoms with Crippen LogP contribution in [0.1, 0.15) is 29.6 Å². The Morgan fingerprint density at radius 1 is 1.37 bits per heavy atom. The zero-order valence-electron chi connectivity index (χ0n) is 10.5. The Morgan fingerprint density at radius 2 is 2.21 bits per heavy atom. The van der Waals surface area contributed by atoms with Gasteiger partial charge in [-0.1, -0.05) is 5.16 Å². The van der Waals surface area contributed by atoms with E-state index in [2.05, 4.69) is 20.1 Å². The van der Waals surface area contributed by atoms with Crippen LogP contribution in [0.3, 0.4) is 0 Å². The van der Waals surface area contributed by atoms with Gasteiger partial charge in [-0.05, 0) is 26.0 Å². The molecule has 0 spiro atoms. The second kappa shape index (κ2) is 4.62. The van der Waals surface area contributed by atoms with Crippen LogP contribution in [0, 0.1) is 6.92 Å². The molecule has 1 unspecified atom stereocenters. The molecule has 7 heteroatoms. The van der Waals surface area contributed by atoms with Gasteiger partial charge < -0.3 is 9.09 Å². The first-order chi connectivity index (χ1) is 9.15. The maximum Gasteiger partial charge on any atom is 0.213 e. The van der Waals surface area contributed by atoms with E-state index in [4.69, 9.17) is 16.1 Å². The zero-order valence-corrected chi connectivity index (χ0v) is 11.3. The van der Waals surface area contributed by atoms with Crippen LogP contribution >= 0.6 is 11.6 Å². The fraction of sp³-hybridized carbons (Fsp3) is 0.333. The number of pyridine rings is 1. The van der Waals surface area contributed by atoms with E-state index in [0.717, 1.165) is 22.7 Å². The molecule has 3 aromatic rings. The fourth-order valence-corrected chi connectivity index (χ4v) is 2.14. The molecule has 0 N–H and O–H groups in total. The molecule has 0 aromatic carbocycles. The van der Waals surface area contributed by atoms with Crippen molar-refractivity contribution in [1.82, 2.24) is 24.7 Å². The maximum atomic E-state index is 6.18. The van der Waals surface area contributed by atoms with Gasteiger partial charge in [-0.25, -0.2) is 9.97 Å². The van der Waals surface area contributed by atoms with Gasteiger partial charge >= 0.3 is 0 Å². The number of aryl methyl sites for hydroxylation is 1. The quantitative estimate of drug-likeness (QED) is 0.688. The van der Waals surface area contributed by atoms with Crippen molar-refractivity contribution in [2.45, 2.75) is 25.8 Å². The van der Waals surface area contributed by atoms with E-state index in [0.29, 0.717) is 12.4 Å². The second-order valence-electron chi connectivity index (χ2n) is 4.31. The highest BCUT2D eigenvalue weighted by Crippen LogP contribution is 2.24. The van der Waals surface area contributed by atoms with Crippen LogP contribution in [0.25, 0.3) is 11.2 Å². The van der Waals surface area contributed by atoms with Crippen LogP contribution in [0.15, 0.2) is 23.0 Å². The molecule has 0 saturated carbocycles. The van der Waals surface area contributed by atoms with Gasteiger partial charge in [0.2, 0.25) is 6.39 Å². The summed E-state index contributed by atoms with van der Waals surface area (Å²) in [5.41, 5.74) is 2.53. The van der Waals surface area contributed by atoms with Crippen molar-refractivity contribution in [3.05, 3.63) is 35.9 Å². The van der Waals surface area contributed by atoms with Crippen molar-refractivity contribution in [2.24, 2.45) is 0 Å². The molecule has 1 atom stereocenters. The third kappa shape index (κ3) is 2.19. The summed E-state index contributed by atoms with van der Waals surface area (Å²) in [5, 5.41) is 3.59. The molecule has 0 amide bonds. The molecule has 0 aliphatic rings. The van der Waals surface area contributed by atoms with Gasteiger partial charge in [0, 0.05) is 5.69 Å². The lowest BCUT2D eigenvalue weighted by molar-refractivity contribution is 0.408. The normalized spacial score (nSPS) is 13.0. The van der Waals surface area contributed by atoms with Crippen LogP contribution in [-0.2, 0) is 6.54 Å². The molecule has 6 nitrogen and oxygen atoms in total. The van der Waals surface area contributed by atoms with E-state index in [1.165, 1.54) is 6.39 Å². The van der Waals surface area contributed by atoms with Crippen LogP contribution in [-0.4, -0.2) is 24.7 Å². The summed E-state index contributed by atoms with van der Waals surface area (Å²) < 4.78 is 6.67. The number of alkyl halides is 1. The minimum atomic E-state index is -0.221. The summed E-state index contributed by atoms with van der Waals surface area (Å²) in [5.74, 6) is 1.32. The molecule has 3 aromatic heterocycles. The Kier molecular flexibility index (Phi) is 2.94. The van der Waals surface area contributed by atoms with Gasteiger partial charge in [0.25, 0.3) is 0 Å². The number of aromatic nitrogens is 5. The van der Waals surface area contributed by atoms with Crippen molar-refractivity contribution in [3.8, 4) is 0 Å². The molecule has 3 heterocycles. The first kappa shape index (κ1) is 12.1. The van der Waals surface area contributed by atoms with Gasteiger partial charge in [0.1, 0.15) is 11.3 Å². The summed E-state index contributed by atoms with van der Waals surface area (Å²) in [4.78, 5) is 13.1. The Bertz CT molecular complexity index is 704. The molecule has 98 valence electrons. The number of halogens is 1. The average molecular weight is 278 g/mol. The summed E-state index contributed by atoms with van der Waals surface area (Å²) in [6, 6.07) is 3.86. The van der Waals surface area contributed by atoms with Crippen LogP contribution in [0.2, 0.25) is 0 Å². The molecule has 0 bridgehead atoms. The standard InChI is InChI=1S/C12H12ClN5O/c1-7-3-4-9-12(15-7)18(11(16-9)8(2)13)5-10-14-6-19-17-10/h3-4,6,8H,5H2,1-2H3. The molecular formula is C12H12ClN5O. The number of nitrogens with zero attached hydrogens (tertiary/aromatic N) is 5. The maximum absolute atomic E-state index is 6.18. The summed E-state index contributed by atoms with van der Waals surface area (Å²) in [6.07, 6.45) is 1.30. The highest BCUT2D eigenvalue weighted by molar-refractivity contribution is 6.20. The van der Waals surface area contributed by atoms with Gasteiger partial charge in [-0.15, -0.1) is 11.6 Å². The summed E-state index contributed by atoms with van der Waals surface area (Å²) in [6.45, 7) is 4.26. The Hall–Kier alpha value is -1.95. The van der Waals surface area contributed by atoms with Crippen LogP contribution in [0.4, 0.5) is 0 Å². The van der Waals surface area contributed by atoms with E-state index in [9.17, 15) is 0 Å². The van der Waals surface area contributed by atoms with E-state index < -0.39 is 0 Å². The van der Waals surface area contributed by atoms with Crippen LogP contribution < -0.4 is 0 Å². The van der Waals surface area contributed by atoms with Gasteiger partial charge in [-0.2, -0.15) is 4.98 Å². The number of hydrogen-bond acceptors (Lipinski definition) is 5. The predicted molar refractivity (Wildman–Crippen MR) is 69.9 cm³/mol. The third-order valence-electron chi connectivity index (χ3n) is 2.82. The Morgan fingerprint density at radius 3 is 2.89 bits per heavy atom. The highest BCUT2D eigenvalue weighted by Gasteiger charge is 2.17. The van der Waals surface area contributed by atoms with E-state index in [-0.39, 0.29) is 5.38 Å². The molecule has 3 rings (SSSR count). The molecule has 0 saturated heterocycles. The summed E-state index contributed by atoms with van der Waals surface area (Å²) in [7, 11) is 0.